The summed E-state index contributed by atoms with van der Waals surface area (Å²) in [7, 11) is -2.84. The second kappa shape index (κ2) is 7.76. The van der Waals surface area contributed by atoms with Gasteiger partial charge in [-0.15, -0.1) is 0 Å². The van der Waals surface area contributed by atoms with E-state index in [-0.39, 0.29) is 0 Å². The molecule has 0 spiro atoms. The number of nitrogens with one attached hydrogen (secondary N) is 1. The first-order valence-corrected chi connectivity index (χ1v) is 9.90. The second-order valence-electron chi connectivity index (χ2n) is 7.02. The Labute approximate surface area is 125 Å². The maximum atomic E-state index is 11.3. The number of sulfone groups is 1. The Kier molecular flexibility index (Phi) is 6.95. The first kappa shape index (κ1) is 17.9. The van der Waals surface area contributed by atoms with E-state index in [9.17, 15) is 8.42 Å². The van der Waals surface area contributed by atoms with E-state index < -0.39 is 9.84 Å². The van der Waals surface area contributed by atoms with Crippen LogP contribution in [0, 0.1) is 11.8 Å². The number of nitrogens with zero attached hydrogens (tertiary/aromatic N) is 1. The molecule has 0 radical (unpaired) electrons. The minimum absolute atomic E-state index is 0.302. The van der Waals surface area contributed by atoms with Gasteiger partial charge in [-0.3, -0.25) is 4.90 Å². The van der Waals surface area contributed by atoms with Crippen LogP contribution in [0.1, 0.15) is 40.5 Å². The standard InChI is InChI=1S/C15H32N2O2S/c1-12(2)9-14-11-17(7-6-8-20(5,18)19)15(10-16-14)13(3)4/h12-16H,6-11H2,1-5H3. The number of hydrogen-bond acceptors (Lipinski definition) is 4. The van der Waals surface area contributed by atoms with Gasteiger partial charge in [0.2, 0.25) is 0 Å². The van der Waals surface area contributed by atoms with E-state index in [2.05, 4.69) is 37.9 Å². The fourth-order valence-electron chi connectivity index (χ4n) is 3.07. The molecule has 0 bridgehead atoms. The molecule has 0 amide bonds. The third-order valence-electron chi connectivity index (χ3n) is 4.03. The summed E-state index contributed by atoms with van der Waals surface area (Å²) in [5, 5.41) is 3.66. The lowest BCUT2D eigenvalue weighted by atomic mass is 9.95. The van der Waals surface area contributed by atoms with Crippen LogP contribution in [0.15, 0.2) is 0 Å². The van der Waals surface area contributed by atoms with Crippen molar-refractivity contribution in [3.05, 3.63) is 0 Å². The fourth-order valence-corrected chi connectivity index (χ4v) is 3.72. The smallest absolute Gasteiger partial charge is 0.147 e. The molecule has 5 heteroatoms. The Morgan fingerprint density at radius 2 is 1.90 bits per heavy atom. The Bertz CT molecular complexity index is 379. The zero-order chi connectivity index (χ0) is 15.3. The van der Waals surface area contributed by atoms with Crippen LogP contribution < -0.4 is 5.32 Å². The molecule has 0 aromatic heterocycles. The van der Waals surface area contributed by atoms with E-state index in [1.807, 2.05) is 0 Å². The minimum Gasteiger partial charge on any atom is -0.311 e. The van der Waals surface area contributed by atoms with Gasteiger partial charge in [0.25, 0.3) is 0 Å². The highest BCUT2D eigenvalue weighted by Crippen LogP contribution is 2.18. The maximum absolute atomic E-state index is 11.3. The molecule has 1 N–H and O–H groups in total. The molecule has 4 nitrogen and oxygen atoms in total. The van der Waals surface area contributed by atoms with Gasteiger partial charge in [-0.1, -0.05) is 27.7 Å². The molecule has 1 aliphatic heterocycles. The van der Waals surface area contributed by atoms with Crippen LogP contribution in [0.3, 0.4) is 0 Å². The predicted octanol–water partition coefficient (Wildman–Crippen LogP) is 1.77. The summed E-state index contributed by atoms with van der Waals surface area (Å²) >= 11 is 0. The van der Waals surface area contributed by atoms with E-state index in [0.29, 0.717) is 29.7 Å². The molecule has 0 saturated carbocycles. The largest absolute Gasteiger partial charge is 0.311 e. The van der Waals surface area contributed by atoms with Crippen LogP contribution in [0.2, 0.25) is 0 Å². The fraction of sp³-hybridized carbons (Fsp3) is 1.00. The highest BCUT2D eigenvalue weighted by atomic mass is 32.2. The first-order chi connectivity index (χ1) is 9.19. The average Bonchev–Trinajstić information content (AvgIpc) is 2.26. The zero-order valence-corrected chi connectivity index (χ0v) is 14.5. The quantitative estimate of drug-likeness (QED) is 0.779. The molecule has 20 heavy (non-hydrogen) atoms. The molecular weight excluding hydrogens is 272 g/mol. The van der Waals surface area contributed by atoms with E-state index in [4.69, 9.17) is 0 Å². The van der Waals surface area contributed by atoms with Crippen molar-refractivity contribution in [2.45, 2.75) is 52.6 Å². The lowest BCUT2D eigenvalue weighted by Gasteiger charge is -2.43. The minimum atomic E-state index is -2.84. The number of hydrogen-bond donors (Lipinski definition) is 1. The summed E-state index contributed by atoms with van der Waals surface area (Å²) in [5.41, 5.74) is 0. The molecule has 2 atom stereocenters. The van der Waals surface area contributed by atoms with Gasteiger partial charge in [0, 0.05) is 31.4 Å². The van der Waals surface area contributed by atoms with Crippen molar-refractivity contribution in [2.24, 2.45) is 11.8 Å². The van der Waals surface area contributed by atoms with Crippen LogP contribution >= 0.6 is 0 Å². The Morgan fingerprint density at radius 1 is 1.25 bits per heavy atom. The van der Waals surface area contributed by atoms with Gasteiger partial charge in [-0.05, 0) is 31.2 Å². The van der Waals surface area contributed by atoms with Crippen molar-refractivity contribution in [3.8, 4) is 0 Å². The third-order valence-corrected chi connectivity index (χ3v) is 5.06. The normalized spacial score (nSPS) is 25.6. The van der Waals surface area contributed by atoms with Crippen LogP contribution in [0.25, 0.3) is 0 Å². The van der Waals surface area contributed by atoms with Crippen molar-refractivity contribution in [1.82, 2.24) is 10.2 Å². The lowest BCUT2D eigenvalue weighted by molar-refractivity contribution is 0.0926. The SMILES string of the molecule is CC(C)CC1CN(CCCS(C)(=O)=O)C(C(C)C)CN1. The van der Waals surface area contributed by atoms with Gasteiger partial charge in [0.05, 0.1) is 5.75 Å². The molecule has 1 heterocycles. The molecular formula is C15H32N2O2S. The van der Waals surface area contributed by atoms with Gasteiger partial charge < -0.3 is 5.32 Å². The van der Waals surface area contributed by atoms with Crippen molar-refractivity contribution < 1.29 is 8.42 Å². The summed E-state index contributed by atoms with van der Waals surface area (Å²) in [6, 6.07) is 1.07. The molecule has 2 unspecified atom stereocenters. The Hall–Kier alpha value is -0.130. The summed E-state index contributed by atoms with van der Waals surface area (Å²) in [6.07, 6.45) is 3.26. The number of piperazine rings is 1. The van der Waals surface area contributed by atoms with E-state index in [0.717, 1.165) is 26.1 Å². The van der Waals surface area contributed by atoms with Gasteiger partial charge >= 0.3 is 0 Å². The Morgan fingerprint density at radius 3 is 2.40 bits per heavy atom. The molecule has 1 rings (SSSR count). The van der Waals surface area contributed by atoms with Gasteiger partial charge in [-0.25, -0.2) is 8.42 Å². The van der Waals surface area contributed by atoms with Gasteiger partial charge in [0.1, 0.15) is 9.84 Å². The molecule has 1 aliphatic rings. The van der Waals surface area contributed by atoms with Gasteiger partial charge in [0.15, 0.2) is 0 Å². The van der Waals surface area contributed by atoms with Crippen molar-refractivity contribution >= 4 is 9.84 Å². The topological polar surface area (TPSA) is 49.4 Å². The van der Waals surface area contributed by atoms with E-state index >= 15 is 0 Å². The van der Waals surface area contributed by atoms with Crippen molar-refractivity contribution in [3.63, 3.8) is 0 Å². The van der Waals surface area contributed by atoms with E-state index in [1.165, 1.54) is 12.7 Å². The number of rotatable bonds is 7. The summed E-state index contributed by atoms with van der Waals surface area (Å²) in [4.78, 5) is 2.50. The predicted molar refractivity (Wildman–Crippen MR) is 85.8 cm³/mol. The molecule has 0 aromatic rings. The summed E-state index contributed by atoms with van der Waals surface area (Å²) < 4.78 is 22.5. The molecule has 0 aromatic carbocycles. The molecule has 120 valence electrons. The maximum Gasteiger partial charge on any atom is 0.147 e. The van der Waals surface area contributed by atoms with Crippen LogP contribution in [-0.4, -0.2) is 57.0 Å². The van der Waals surface area contributed by atoms with Gasteiger partial charge in [-0.2, -0.15) is 0 Å². The molecule has 1 fully saturated rings. The second-order valence-corrected chi connectivity index (χ2v) is 9.28. The molecule has 1 saturated heterocycles. The third kappa shape index (κ3) is 6.55. The Balaban J connectivity index is 2.54. The first-order valence-electron chi connectivity index (χ1n) is 7.84. The van der Waals surface area contributed by atoms with Crippen molar-refractivity contribution in [1.29, 1.82) is 0 Å². The lowest BCUT2D eigenvalue weighted by Crippen LogP contribution is -2.58. The average molecular weight is 305 g/mol. The summed E-state index contributed by atoms with van der Waals surface area (Å²) in [5.74, 6) is 1.60. The highest BCUT2D eigenvalue weighted by molar-refractivity contribution is 7.90. The zero-order valence-electron chi connectivity index (χ0n) is 13.7. The molecule has 0 aliphatic carbocycles. The highest BCUT2D eigenvalue weighted by Gasteiger charge is 2.29. The van der Waals surface area contributed by atoms with E-state index in [1.54, 1.807) is 0 Å². The van der Waals surface area contributed by atoms with Crippen LogP contribution in [0.5, 0.6) is 0 Å². The summed E-state index contributed by atoms with van der Waals surface area (Å²) in [6.45, 7) is 12.0. The monoisotopic (exact) mass is 304 g/mol. The van der Waals surface area contributed by atoms with Crippen molar-refractivity contribution in [2.75, 3.05) is 31.6 Å². The van der Waals surface area contributed by atoms with Crippen LogP contribution in [-0.2, 0) is 9.84 Å². The van der Waals surface area contributed by atoms with Crippen LogP contribution in [0.4, 0.5) is 0 Å².